The SMILES string of the molecule is COc1ccc(Cl)cc1Nc1ccc(NC(=O)C(C)(C)C)nn1. The van der Waals surface area contributed by atoms with E-state index in [1.54, 1.807) is 37.4 Å². The molecule has 23 heavy (non-hydrogen) atoms. The molecule has 0 aliphatic rings. The molecular formula is C16H19ClN4O2. The zero-order valence-electron chi connectivity index (χ0n) is 13.5. The molecule has 0 saturated carbocycles. The number of aromatic nitrogens is 2. The Morgan fingerprint density at radius 2 is 1.78 bits per heavy atom. The summed E-state index contributed by atoms with van der Waals surface area (Å²) in [6.45, 7) is 5.49. The number of rotatable bonds is 4. The third-order valence-corrected chi connectivity index (χ3v) is 3.25. The molecule has 1 heterocycles. The Bertz CT molecular complexity index is 696. The normalized spacial score (nSPS) is 11.0. The fourth-order valence-corrected chi connectivity index (χ4v) is 1.86. The topological polar surface area (TPSA) is 76.1 Å². The van der Waals surface area contributed by atoms with E-state index in [-0.39, 0.29) is 5.91 Å². The first-order valence-electron chi connectivity index (χ1n) is 7.05. The van der Waals surface area contributed by atoms with E-state index in [1.807, 2.05) is 20.8 Å². The summed E-state index contributed by atoms with van der Waals surface area (Å²) < 4.78 is 5.26. The van der Waals surface area contributed by atoms with E-state index in [4.69, 9.17) is 16.3 Å². The Hall–Kier alpha value is -2.34. The van der Waals surface area contributed by atoms with Gasteiger partial charge in [0.25, 0.3) is 0 Å². The summed E-state index contributed by atoms with van der Waals surface area (Å²) in [6, 6.07) is 8.62. The molecule has 0 atom stereocenters. The number of methoxy groups -OCH3 is 1. The predicted molar refractivity (Wildman–Crippen MR) is 91.4 cm³/mol. The number of anilines is 3. The largest absolute Gasteiger partial charge is 0.495 e. The Labute approximate surface area is 140 Å². The van der Waals surface area contributed by atoms with Crippen LogP contribution >= 0.6 is 11.6 Å². The van der Waals surface area contributed by atoms with Crippen molar-refractivity contribution < 1.29 is 9.53 Å². The maximum Gasteiger partial charge on any atom is 0.230 e. The summed E-state index contributed by atoms with van der Waals surface area (Å²) in [5, 5.41) is 14.4. The molecule has 6 nitrogen and oxygen atoms in total. The molecule has 0 unspecified atom stereocenters. The van der Waals surface area contributed by atoms with Crippen molar-refractivity contribution in [3.63, 3.8) is 0 Å². The highest BCUT2D eigenvalue weighted by atomic mass is 35.5. The molecule has 1 amide bonds. The first kappa shape index (κ1) is 17.0. The fraction of sp³-hybridized carbons (Fsp3) is 0.312. The monoisotopic (exact) mass is 334 g/mol. The van der Waals surface area contributed by atoms with Gasteiger partial charge in [-0.2, -0.15) is 0 Å². The van der Waals surface area contributed by atoms with E-state index < -0.39 is 5.41 Å². The Morgan fingerprint density at radius 1 is 1.13 bits per heavy atom. The van der Waals surface area contributed by atoms with Gasteiger partial charge in [0.2, 0.25) is 5.91 Å². The molecule has 0 bridgehead atoms. The van der Waals surface area contributed by atoms with Crippen LogP contribution in [0.3, 0.4) is 0 Å². The van der Waals surface area contributed by atoms with Gasteiger partial charge in [-0.25, -0.2) is 0 Å². The van der Waals surface area contributed by atoms with Crippen molar-refractivity contribution in [3.05, 3.63) is 35.4 Å². The highest BCUT2D eigenvalue weighted by Gasteiger charge is 2.21. The quantitative estimate of drug-likeness (QED) is 0.887. The minimum absolute atomic E-state index is 0.121. The van der Waals surface area contributed by atoms with Crippen LogP contribution in [-0.2, 0) is 4.79 Å². The molecule has 0 fully saturated rings. The average Bonchev–Trinajstić information content (AvgIpc) is 2.48. The lowest BCUT2D eigenvalue weighted by molar-refractivity contribution is -0.123. The van der Waals surface area contributed by atoms with Gasteiger partial charge in [-0.05, 0) is 30.3 Å². The van der Waals surface area contributed by atoms with Gasteiger partial charge in [-0.1, -0.05) is 32.4 Å². The molecule has 0 aliphatic heterocycles. The second kappa shape index (κ2) is 6.83. The maximum atomic E-state index is 11.9. The van der Waals surface area contributed by atoms with Crippen LogP contribution in [0.15, 0.2) is 30.3 Å². The van der Waals surface area contributed by atoms with Gasteiger partial charge in [0, 0.05) is 10.4 Å². The van der Waals surface area contributed by atoms with Gasteiger partial charge >= 0.3 is 0 Å². The van der Waals surface area contributed by atoms with Crippen molar-refractivity contribution in [2.24, 2.45) is 5.41 Å². The van der Waals surface area contributed by atoms with Gasteiger partial charge in [0.05, 0.1) is 12.8 Å². The van der Waals surface area contributed by atoms with E-state index in [0.717, 1.165) is 0 Å². The van der Waals surface area contributed by atoms with E-state index in [9.17, 15) is 4.79 Å². The number of hydrogen-bond acceptors (Lipinski definition) is 5. The van der Waals surface area contributed by atoms with Crippen LogP contribution < -0.4 is 15.4 Å². The van der Waals surface area contributed by atoms with Crippen molar-refractivity contribution in [1.29, 1.82) is 0 Å². The Kier molecular flexibility index (Phi) is 5.05. The maximum absolute atomic E-state index is 11.9. The van der Waals surface area contributed by atoms with Gasteiger partial charge in [-0.3, -0.25) is 4.79 Å². The van der Waals surface area contributed by atoms with E-state index in [1.165, 1.54) is 0 Å². The van der Waals surface area contributed by atoms with Crippen molar-refractivity contribution in [1.82, 2.24) is 10.2 Å². The molecule has 2 rings (SSSR count). The third-order valence-electron chi connectivity index (χ3n) is 3.01. The standard InChI is InChI=1S/C16H19ClN4O2/c1-16(2,3)15(22)19-14-8-7-13(20-21-14)18-11-9-10(17)5-6-12(11)23-4/h5-9H,1-4H3,(H,18,20)(H,19,21,22). The number of benzene rings is 1. The second-order valence-corrected chi connectivity index (χ2v) is 6.41. The molecule has 0 spiro atoms. The predicted octanol–water partition coefficient (Wildman–Crippen LogP) is 3.87. The molecule has 0 radical (unpaired) electrons. The van der Waals surface area contributed by atoms with Crippen LogP contribution in [0.1, 0.15) is 20.8 Å². The third kappa shape index (κ3) is 4.56. The molecule has 1 aromatic carbocycles. The first-order valence-corrected chi connectivity index (χ1v) is 7.43. The minimum atomic E-state index is -0.493. The van der Waals surface area contributed by atoms with Crippen molar-refractivity contribution in [2.45, 2.75) is 20.8 Å². The highest BCUT2D eigenvalue weighted by Crippen LogP contribution is 2.29. The smallest absolute Gasteiger partial charge is 0.230 e. The lowest BCUT2D eigenvalue weighted by Crippen LogP contribution is -2.28. The number of carbonyl (C=O) groups is 1. The van der Waals surface area contributed by atoms with E-state index >= 15 is 0 Å². The molecule has 0 aliphatic carbocycles. The van der Waals surface area contributed by atoms with Crippen molar-refractivity contribution in [3.8, 4) is 5.75 Å². The fourth-order valence-electron chi connectivity index (χ4n) is 1.69. The highest BCUT2D eigenvalue weighted by molar-refractivity contribution is 6.31. The van der Waals surface area contributed by atoms with Crippen LogP contribution in [0.2, 0.25) is 5.02 Å². The minimum Gasteiger partial charge on any atom is -0.495 e. The number of hydrogen-bond donors (Lipinski definition) is 2. The zero-order valence-corrected chi connectivity index (χ0v) is 14.2. The summed E-state index contributed by atoms with van der Waals surface area (Å²) in [4.78, 5) is 11.9. The number of amides is 1. The lowest BCUT2D eigenvalue weighted by Gasteiger charge is -2.17. The molecule has 7 heteroatoms. The summed E-state index contributed by atoms with van der Waals surface area (Å²) in [7, 11) is 1.57. The van der Waals surface area contributed by atoms with E-state index in [0.29, 0.717) is 28.1 Å². The average molecular weight is 335 g/mol. The van der Waals surface area contributed by atoms with Crippen LogP contribution in [-0.4, -0.2) is 23.2 Å². The van der Waals surface area contributed by atoms with Crippen molar-refractivity contribution in [2.75, 3.05) is 17.7 Å². The van der Waals surface area contributed by atoms with Crippen LogP contribution in [0.25, 0.3) is 0 Å². The van der Waals surface area contributed by atoms with Gasteiger partial charge in [0.15, 0.2) is 11.6 Å². The number of halogens is 1. The Balaban J connectivity index is 2.12. The van der Waals surface area contributed by atoms with Crippen LogP contribution in [0, 0.1) is 5.41 Å². The molecule has 1 aromatic heterocycles. The van der Waals surface area contributed by atoms with Crippen molar-refractivity contribution >= 4 is 34.8 Å². The molecule has 2 aromatic rings. The number of ether oxygens (including phenoxy) is 1. The number of nitrogens with zero attached hydrogens (tertiary/aromatic N) is 2. The zero-order chi connectivity index (χ0) is 17.0. The molecular weight excluding hydrogens is 316 g/mol. The second-order valence-electron chi connectivity index (χ2n) is 5.98. The van der Waals surface area contributed by atoms with Crippen LogP contribution in [0.5, 0.6) is 5.75 Å². The number of carbonyl (C=O) groups excluding carboxylic acids is 1. The summed E-state index contributed by atoms with van der Waals surface area (Å²) >= 11 is 5.99. The summed E-state index contributed by atoms with van der Waals surface area (Å²) in [5.41, 5.74) is 0.188. The van der Waals surface area contributed by atoms with Crippen LogP contribution in [0.4, 0.5) is 17.3 Å². The molecule has 122 valence electrons. The summed E-state index contributed by atoms with van der Waals surface area (Å²) in [6.07, 6.45) is 0. The number of nitrogens with one attached hydrogen (secondary N) is 2. The summed E-state index contributed by atoms with van der Waals surface area (Å²) in [5.74, 6) is 1.43. The van der Waals surface area contributed by atoms with Gasteiger partial charge < -0.3 is 15.4 Å². The van der Waals surface area contributed by atoms with Gasteiger partial charge in [-0.15, -0.1) is 10.2 Å². The van der Waals surface area contributed by atoms with E-state index in [2.05, 4.69) is 20.8 Å². The van der Waals surface area contributed by atoms with Gasteiger partial charge in [0.1, 0.15) is 5.75 Å². The molecule has 0 saturated heterocycles. The molecule has 2 N–H and O–H groups in total. The lowest BCUT2D eigenvalue weighted by atomic mass is 9.96. The Morgan fingerprint density at radius 3 is 2.35 bits per heavy atom. The first-order chi connectivity index (χ1) is 10.8.